The summed E-state index contributed by atoms with van der Waals surface area (Å²) in [6.45, 7) is 2.46. The second kappa shape index (κ2) is 15.7. The number of aryl methyl sites for hydroxylation is 2. The quantitative estimate of drug-likeness (QED) is 0.135. The first-order chi connectivity index (χ1) is 16.8. The summed E-state index contributed by atoms with van der Waals surface area (Å²) in [5.41, 5.74) is 2.95. The number of nitrogens with one attached hydrogen (secondary N) is 2. The number of H-pyrrole nitrogens is 2. The van der Waals surface area contributed by atoms with E-state index in [0.717, 1.165) is 0 Å². The number of aromatic hydroxyl groups is 2. The topological polar surface area (TPSA) is 282 Å². The summed E-state index contributed by atoms with van der Waals surface area (Å²) >= 11 is 0. The number of aromatic nitrogens is 2. The highest BCUT2D eigenvalue weighted by Gasteiger charge is 2.15. The molecule has 0 aliphatic carbocycles. The van der Waals surface area contributed by atoms with Crippen molar-refractivity contribution in [2.75, 3.05) is 0 Å². The van der Waals surface area contributed by atoms with Crippen molar-refractivity contribution in [3.8, 4) is 11.5 Å². The van der Waals surface area contributed by atoms with Gasteiger partial charge in [0.25, 0.3) is 5.09 Å². The zero-order valence-corrected chi connectivity index (χ0v) is 19.3. The van der Waals surface area contributed by atoms with Crippen molar-refractivity contribution in [1.29, 1.82) is 0 Å². The number of aromatic amines is 2. The molecule has 16 nitrogen and oxygen atoms in total. The number of carbonyl (C=O) groups excluding carboxylic acids is 2. The fourth-order valence-corrected chi connectivity index (χ4v) is 2.51. The summed E-state index contributed by atoms with van der Waals surface area (Å²) in [5, 5.41) is 82.1. The zero-order chi connectivity index (χ0) is 28.0. The van der Waals surface area contributed by atoms with E-state index in [2.05, 4.69) is 14.8 Å². The molecule has 0 saturated carbocycles. The highest BCUT2D eigenvalue weighted by atomic mass is 17.0. The van der Waals surface area contributed by atoms with E-state index in [1.165, 1.54) is 0 Å². The second-order valence-corrected chi connectivity index (χ2v) is 6.88. The number of hydrogen-bond acceptors (Lipinski definition) is 13. The Bertz CT molecular complexity index is 971. The molecule has 0 aliphatic rings. The Morgan fingerprint density at radius 1 is 0.889 bits per heavy atom. The molecule has 0 radical (unpaired) electrons. The van der Waals surface area contributed by atoms with E-state index in [4.69, 9.17) is 20.4 Å². The molecule has 200 valence electrons. The van der Waals surface area contributed by atoms with Gasteiger partial charge < -0.3 is 55.3 Å². The van der Waals surface area contributed by atoms with Crippen molar-refractivity contribution in [1.82, 2.24) is 0 Å². The van der Waals surface area contributed by atoms with E-state index in [1.54, 1.807) is 26.2 Å². The highest BCUT2D eigenvalue weighted by molar-refractivity contribution is 5.77. The maximum Gasteiger partial charge on any atom is 0.295 e. The first kappa shape index (κ1) is 31.9. The lowest BCUT2D eigenvalue weighted by Gasteiger charge is -2.15. The van der Waals surface area contributed by atoms with E-state index in [1.807, 2.05) is 0 Å². The van der Waals surface area contributed by atoms with E-state index in [0.29, 0.717) is 33.6 Å². The lowest BCUT2D eigenvalue weighted by Crippen LogP contribution is -2.42. The number of nitrogens with zero attached hydrogens (tertiary/aromatic N) is 1. The van der Waals surface area contributed by atoms with Crippen LogP contribution in [0.4, 0.5) is 0 Å². The van der Waals surface area contributed by atoms with Gasteiger partial charge in [-0.25, -0.2) is 9.97 Å². The molecule has 1 atom stereocenters. The van der Waals surface area contributed by atoms with Crippen LogP contribution in [0.25, 0.3) is 0 Å². The number of hydrogen-bond donors (Lipinski definition) is 6. The van der Waals surface area contributed by atoms with Gasteiger partial charge in [-0.3, -0.25) is 0 Å². The Hall–Kier alpha value is -4.12. The Balaban J connectivity index is 0.000000510. The van der Waals surface area contributed by atoms with Gasteiger partial charge in [0.15, 0.2) is 30.0 Å². The molecule has 0 spiro atoms. The number of carbonyl (C=O) groups is 2. The standard InChI is InChI=1S/2C8H11NO3.C4H5NO7/c2*1-5-8(12)7(4-11)6(3-10)2-9-5;6-3(7)1-2(4(8)9)12-5(10)11/h2*2,10-12H,3-4H2,1H3;2H,1H2,(H,6,7)(H,8,9). The number of pyridine rings is 2. The molecule has 0 aliphatic heterocycles. The van der Waals surface area contributed by atoms with Gasteiger partial charge in [-0.05, 0) is 0 Å². The molecule has 1 unspecified atom stereocenters. The van der Waals surface area contributed by atoms with Crippen molar-refractivity contribution in [3.05, 3.63) is 56.1 Å². The summed E-state index contributed by atoms with van der Waals surface area (Å²) in [6.07, 6.45) is -0.102. The van der Waals surface area contributed by atoms with Gasteiger partial charge in [0.2, 0.25) is 11.4 Å². The van der Waals surface area contributed by atoms with Crippen molar-refractivity contribution in [2.45, 2.75) is 52.8 Å². The molecule has 2 rings (SSSR count). The maximum atomic E-state index is 9.94. The molecule has 0 bridgehead atoms. The molecule has 8 N–H and O–H groups in total. The fraction of sp³-hybridized carbons (Fsp3) is 0.400. The fourth-order valence-electron chi connectivity index (χ4n) is 2.51. The molecule has 36 heavy (non-hydrogen) atoms. The minimum atomic E-state index is -2.12. The third kappa shape index (κ3) is 10.0. The molecule has 0 fully saturated rings. The second-order valence-electron chi connectivity index (χ2n) is 6.88. The third-order valence-electron chi connectivity index (χ3n) is 4.47. The summed E-state index contributed by atoms with van der Waals surface area (Å²) in [6, 6.07) is 0. The molecule has 2 heterocycles. The van der Waals surface area contributed by atoms with Crippen molar-refractivity contribution >= 4 is 11.9 Å². The SMILES string of the molecule is Cc1[nH+]cc(CO)c(CO)c1O.Cc1[nH+]cc(CO)c(CO)c1O.O=C([O-])CC(O[N+](=O)[O-])C(=O)[O-]. The van der Waals surface area contributed by atoms with Gasteiger partial charge >= 0.3 is 0 Å². The Morgan fingerprint density at radius 3 is 1.53 bits per heavy atom. The highest BCUT2D eigenvalue weighted by Crippen LogP contribution is 2.22. The van der Waals surface area contributed by atoms with E-state index in [9.17, 15) is 40.1 Å². The first-order valence-corrected chi connectivity index (χ1v) is 9.93. The minimum absolute atomic E-state index is 0.0176. The number of aliphatic hydroxyl groups excluding tert-OH is 4. The van der Waals surface area contributed by atoms with Gasteiger partial charge in [0.1, 0.15) is 0 Å². The van der Waals surface area contributed by atoms with Crippen LogP contribution in [-0.4, -0.2) is 53.8 Å². The molecule has 2 aromatic rings. The van der Waals surface area contributed by atoms with E-state index < -0.39 is 29.6 Å². The van der Waals surface area contributed by atoms with Gasteiger partial charge in [0, 0.05) is 37.4 Å². The Kier molecular flexibility index (Phi) is 13.9. The minimum Gasteiger partial charge on any atom is -0.550 e. The summed E-state index contributed by atoms with van der Waals surface area (Å²) in [7, 11) is 0. The normalized spacial score (nSPS) is 10.7. The number of aliphatic carboxylic acids is 2. The van der Waals surface area contributed by atoms with Crippen molar-refractivity contribution < 1.29 is 70.3 Å². The van der Waals surface area contributed by atoms with Crippen LogP contribution in [0.1, 0.15) is 40.1 Å². The van der Waals surface area contributed by atoms with Crippen LogP contribution in [0, 0.1) is 24.0 Å². The van der Waals surface area contributed by atoms with Gasteiger partial charge in [-0.2, -0.15) is 0 Å². The number of carboxylic acid groups (broad SMARTS) is 2. The van der Waals surface area contributed by atoms with Crippen LogP contribution in [0.2, 0.25) is 0 Å². The number of rotatable bonds is 9. The largest absolute Gasteiger partial charge is 0.550 e. The van der Waals surface area contributed by atoms with Crippen LogP contribution < -0.4 is 20.2 Å². The van der Waals surface area contributed by atoms with E-state index in [-0.39, 0.29) is 37.9 Å². The smallest absolute Gasteiger partial charge is 0.295 e. The van der Waals surface area contributed by atoms with Crippen LogP contribution in [0.5, 0.6) is 11.5 Å². The Labute approximate surface area is 203 Å². The molecule has 0 saturated heterocycles. The summed E-state index contributed by atoms with van der Waals surface area (Å²) < 4.78 is 0. The zero-order valence-electron chi connectivity index (χ0n) is 19.3. The average molecular weight is 517 g/mol. The lowest BCUT2D eigenvalue weighted by molar-refractivity contribution is -0.766. The van der Waals surface area contributed by atoms with Crippen LogP contribution in [0.15, 0.2) is 12.4 Å². The van der Waals surface area contributed by atoms with Gasteiger partial charge in [-0.1, -0.05) is 0 Å². The number of aliphatic hydroxyl groups is 4. The lowest BCUT2D eigenvalue weighted by atomic mass is 10.1. The van der Waals surface area contributed by atoms with Crippen molar-refractivity contribution in [2.24, 2.45) is 0 Å². The third-order valence-corrected chi connectivity index (χ3v) is 4.47. The average Bonchev–Trinajstić information content (AvgIpc) is 2.82. The predicted molar refractivity (Wildman–Crippen MR) is 109 cm³/mol. The molecule has 0 aromatic carbocycles. The van der Waals surface area contributed by atoms with Crippen LogP contribution in [-0.2, 0) is 40.9 Å². The maximum absolute atomic E-state index is 9.94. The van der Waals surface area contributed by atoms with Gasteiger partial charge in [-0.15, -0.1) is 10.1 Å². The predicted octanol–water partition coefficient (Wildman–Crippen LogP) is -4.55. The summed E-state index contributed by atoms with van der Waals surface area (Å²) in [5.74, 6) is -3.71. The molecule has 2 aromatic heterocycles. The van der Waals surface area contributed by atoms with Crippen LogP contribution >= 0.6 is 0 Å². The first-order valence-electron chi connectivity index (χ1n) is 9.93. The Morgan fingerprint density at radius 2 is 1.28 bits per heavy atom. The molecule has 16 heteroatoms. The van der Waals surface area contributed by atoms with Crippen molar-refractivity contribution in [3.63, 3.8) is 0 Å². The summed E-state index contributed by atoms with van der Waals surface area (Å²) in [4.78, 5) is 38.3. The number of carboxylic acids is 2. The molecular weight excluding hydrogens is 490 g/mol. The van der Waals surface area contributed by atoms with Crippen LogP contribution in [0.3, 0.4) is 0 Å². The monoisotopic (exact) mass is 517 g/mol. The van der Waals surface area contributed by atoms with E-state index >= 15 is 0 Å². The van der Waals surface area contributed by atoms with Gasteiger partial charge in [0.05, 0.1) is 43.5 Å². The molecule has 0 amide bonds. The molecular formula is C20H27N3O13.